The summed E-state index contributed by atoms with van der Waals surface area (Å²) in [6, 6.07) is 0.209. The molecule has 1 heterocycles. The Morgan fingerprint density at radius 3 is 2.20 bits per heavy atom. The first-order valence-electron chi connectivity index (χ1n) is 6.70. The van der Waals surface area contributed by atoms with Crippen LogP contribution >= 0.6 is 11.6 Å². The molecule has 1 aromatic heterocycles. The minimum Gasteiger partial charge on any atom is -0.352 e. The van der Waals surface area contributed by atoms with Gasteiger partial charge >= 0.3 is 0 Å². The smallest absolute Gasteiger partial charge is 0.228 e. The van der Waals surface area contributed by atoms with E-state index in [-0.39, 0.29) is 17.6 Å². The van der Waals surface area contributed by atoms with Crippen molar-refractivity contribution in [1.29, 1.82) is 0 Å². The van der Waals surface area contributed by atoms with E-state index in [9.17, 15) is 0 Å². The van der Waals surface area contributed by atoms with Gasteiger partial charge in [-0.25, -0.2) is 0 Å². The van der Waals surface area contributed by atoms with Crippen molar-refractivity contribution in [3.05, 3.63) is 5.28 Å². The number of nitrogens with zero attached hydrogens (tertiary/aromatic N) is 3. The molecule has 114 valence electrons. The van der Waals surface area contributed by atoms with Crippen molar-refractivity contribution in [2.24, 2.45) is 0 Å². The van der Waals surface area contributed by atoms with Crippen LogP contribution in [-0.2, 0) is 9.47 Å². The van der Waals surface area contributed by atoms with Crippen LogP contribution in [0.4, 0.5) is 11.9 Å². The lowest BCUT2D eigenvalue weighted by Crippen LogP contribution is -2.27. The molecule has 0 aliphatic carbocycles. The summed E-state index contributed by atoms with van der Waals surface area (Å²) < 4.78 is 10.8. The Hall–Kier alpha value is -1.18. The van der Waals surface area contributed by atoms with Crippen LogP contribution in [0, 0.1) is 0 Å². The minimum absolute atomic E-state index is 0.134. The lowest BCUT2D eigenvalue weighted by Gasteiger charge is -2.17. The summed E-state index contributed by atoms with van der Waals surface area (Å²) in [6.45, 7) is 9.39. The lowest BCUT2D eigenvalue weighted by atomic mass is 10.4. The van der Waals surface area contributed by atoms with Crippen molar-refractivity contribution in [2.75, 3.05) is 30.4 Å². The van der Waals surface area contributed by atoms with Crippen LogP contribution in [0.2, 0.25) is 5.28 Å². The van der Waals surface area contributed by atoms with Crippen molar-refractivity contribution in [3.63, 3.8) is 0 Å². The number of nitrogens with one attached hydrogen (secondary N) is 2. The van der Waals surface area contributed by atoms with Gasteiger partial charge in [0, 0.05) is 19.3 Å². The molecule has 0 aromatic carbocycles. The van der Waals surface area contributed by atoms with E-state index in [1.54, 1.807) is 0 Å². The summed E-state index contributed by atoms with van der Waals surface area (Å²) in [7, 11) is 0. The Kier molecular flexibility index (Phi) is 7.50. The zero-order valence-corrected chi connectivity index (χ0v) is 13.1. The average Bonchev–Trinajstić information content (AvgIpc) is 2.35. The average molecular weight is 304 g/mol. The molecule has 0 amide bonds. The molecule has 0 spiro atoms. The van der Waals surface area contributed by atoms with Crippen LogP contribution in [-0.4, -0.2) is 47.0 Å². The van der Waals surface area contributed by atoms with Gasteiger partial charge in [0.05, 0.1) is 6.54 Å². The summed E-state index contributed by atoms with van der Waals surface area (Å²) in [5, 5.41) is 6.24. The Labute approximate surface area is 124 Å². The van der Waals surface area contributed by atoms with Gasteiger partial charge in [-0.3, -0.25) is 0 Å². The number of halogens is 1. The number of anilines is 2. The normalized spacial score (nSPS) is 11.2. The highest BCUT2D eigenvalue weighted by molar-refractivity contribution is 6.28. The van der Waals surface area contributed by atoms with Gasteiger partial charge in [0.2, 0.25) is 17.2 Å². The van der Waals surface area contributed by atoms with E-state index < -0.39 is 0 Å². The Balaban J connectivity index is 2.63. The van der Waals surface area contributed by atoms with E-state index in [1.165, 1.54) is 0 Å². The van der Waals surface area contributed by atoms with Crippen LogP contribution in [0.1, 0.15) is 27.7 Å². The van der Waals surface area contributed by atoms with E-state index in [2.05, 4.69) is 25.6 Å². The first-order chi connectivity index (χ1) is 9.55. The molecule has 7 nitrogen and oxygen atoms in total. The molecule has 2 N–H and O–H groups in total. The molecule has 0 unspecified atom stereocenters. The fraction of sp³-hybridized carbons (Fsp3) is 0.750. The molecule has 0 radical (unpaired) electrons. The Bertz CT molecular complexity index is 399. The van der Waals surface area contributed by atoms with Gasteiger partial charge < -0.3 is 20.1 Å². The third kappa shape index (κ3) is 6.31. The Morgan fingerprint density at radius 1 is 1.05 bits per heavy atom. The fourth-order valence-corrected chi connectivity index (χ4v) is 1.62. The van der Waals surface area contributed by atoms with E-state index in [1.807, 2.05) is 27.7 Å². The van der Waals surface area contributed by atoms with Gasteiger partial charge in [0.25, 0.3) is 0 Å². The largest absolute Gasteiger partial charge is 0.352 e. The molecule has 20 heavy (non-hydrogen) atoms. The van der Waals surface area contributed by atoms with Crippen molar-refractivity contribution in [3.8, 4) is 0 Å². The second kappa shape index (κ2) is 8.89. The zero-order chi connectivity index (χ0) is 15.0. The molecule has 0 saturated heterocycles. The van der Waals surface area contributed by atoms with Gasteiger partial charge in [-0.2, -0.15) is 15.0 Å². The molecular formula is C12H22ClN5O2. The molecule has 0 aliphatic heterocycles. The SMILES string of the molecule is CCOC(CNc1nc(Cl)nc(NC(C)C)n1)OCC. The molecule has 1 rings (SSSR count). The maximum atomic E-state index is 5.87. The second-order valence-electron chi connectivity index (χ2n) is 4.27. The summed E-state index contributed by atoms with van der Waals surface area (Å²) >= 11 is 5.87. The van der Waals surface area contributed by atoms with Gasteiger partial charge in [0.1, 0.15) is 0 Å². The predicted octanol–water partition coefficient (Wildman–Crippen LogP) is 2.16. The number of ether oxygens (including phenoxy) is 2. The maximum absolute atomic E-state index is 5.87. The number of hydrogen-bond donors (Lipinski definition) is 2. The quantitative estimate of drug-likeness (QED) is 0.676. The van der Waals surface area contributed by atoms with Crippen LogP contribution in [0.3, 0.4) is 0 Å². The monoisotopic (exact) mass is 303 g/mol. The molecule has 0 bridgehead atoms. The molecule has 8 heteroatoms. The lowest BCUT2D eigenvalue weighted by molar-refractivity contribution is -0.126. The van der Waals surface area contributed by atoms with Crippen LogP contribution < -0.4 is 10.6 Å². The maximum Gasteiger partial charge on any atom is 0.228 e. The van der Waals surface area contributed by atoms with Crippen LogP contribution in [0.25, 0.3) is 0 Å². The molecular weight excluding hydrogens is 282 g/mol. The number of hydrogen-bond acceptors (Lipinski definition) is 7. The zero-order valence-electron chi connectivity index (χ0n) is 12.3. The number of rotatable bonds is 9. The molecule has 0 fully saturated rings. The van der Waals surface area contributed by atoms with Gasteiger partial charge in [-0.15, -0.1) is 0 Å². The topological polar surface area (TPSA) is 81.2 Å². The Morgan fingerprint density at radius 2 is 1.65 bits per heavy atom. The third-order valence-electron chi connectivity index (χ3n) is 2.16. The standard InChI is InChI=1S/C12H22ClN5O2/c1-5-19-9(20-6-2)7-14-11-16-10(13)17-12(18-11)15-8(3)4/h8-9H,5-7H2,1-4H3,(H2,14,15,16,17,18). The molecule has 1 aromatic rings. The van der Waals surface area contributed by atoms with Gasteiger partial charge in [0.15, 0.2) is 6.29 Å². The van der Waals surface area contributed by atoms with E-state index in [4.69, 9.17) is 21.1 Å². The third-order valence-corrected chi connectivity index (χ3v) is 2.33. The first kappa shape index (κ1) is 16.9. The van der Waals surface area contributed by atoms with Crippen molar-refractivity contribution in [1.82, 2.24) is 15.0 Å². The summed E-state index contributed by atoms with van der Waals surface area (Å²) in [5.41, 5.74) is 0. The molecule has 0 saturated carbocycles. The van der Waals surface area contributed by atoms with Crippen LogP contribution in [0.5, 0.6) is 0 Å². The van der Waals surface area contributed by atoms with E-state index in [0.717, 1.165) is 0 Å². The molecule has 0 atom stereocenters. The second-order valence-corrected chi connectivity index (χ2v) is 4.61. The van der Waals surface area contributed by atoms with E-state index >= 15 is 0 Å². The number of aromatic nitrogens is 3. The summed E-state index contributed by atoms with van der Waals surface area (Å²) in [5.74, 6) is 0.824. The van der Waals surface area contributed by atoms with Crippen LogP contribution in [0.15, 0.2) is 0 Å². The van der Waals surface area contributed by atoms with Gasteiger partial charge in [-0.1, -0.05) is 0 Å². The van der Waals surface area contributed by atoms with Crippen molar-refractivity contribution < 1.29 is 9.47 Å². The summed E-state index contributed by atoms with van der Waals surface area (Å²) in [6.07, 6.45) is -0.345. The first-order valence-corrected chi connectivity index (χ1v) is 7.08. The van der Waals surface area contributed by atoms with Crippen molar-refractivity contribution in [2.45, 2.75) is 40.0 Å². The highest BCUT2D eigenvalue weighted by Gasteiger charge is 2.10. The van der Waals surface area contributed by atoms with E-state index in [0.29, 0.717) is 31.7 Å². The fourth-order valence-electron chi connectivity index (χ4n) is 1.46. The highest BCUT2D eigenvalue weighted by Crippen LogP contribution is 2.10. The molecule has 0 aliphatic rings. The van der Waals surface area contributed by atoms with Gasteiger partial charge in [-0.05, 0) is 39.3 Å². The summed E-state index contributed by atoms with van der Waals surface area (Å²) in [4.78, 5) is 12.2. The predicted molar refractivity (Wildman–Crippen MR) is 79.1 cm³/mol. The van der Waals surface area contributed by atoms with Crippen molar-refractivity contribution >= 4 is 23.5 Å². The highest BCUT2D eigenvalue weighted by atomic mass is 35.5. The minimum atomic E-state index is -0.345.